The number of aryl methyl sites for hydroxylation is 1. The predicted octanol–water partition coefficient (Wildman–Crippen LogP) is 4.60. The van der Waals surface area contributed by atoms with Crippen LogP contribution < -0.4 is 0 Å². The highest BCUT2D eigenvalue weighted by molar-refractivity contribution is 7.10. The second kappa shape index (κ2) is 6.13. The van der Waals surface area contributed by atoms with Crippen molar-refractivity contribution in [2.75, 3.05) is 0 Å². The molecule has 0 saturated heterocycles. The molecule has 0 aliphatic rings. The Labute approximate surface area is 141 Å². The van der Waals surface area contributed by atoms with Gasteiger partial charge in [-0.3, -0.25) is 9.36 Å². The molecule has 4 nitrogen and oxygen atoms in total. The van der Waals surface area contributed by atoms with Crippen LogP contribution >= 0.6 is 11.3 Å². The van der Waals surface area contributed by atoms with Crippen molar-refractivity contribution in [1.29, 1.82) is 5.26 Å². The molecule has 3 aromatic rings. The van der Waals surface area contributed by atoms with Gasteiger partial charge in [0, 0.05) is 15.8 Å². The Balaban J connectivity index is 2.17. The van der Waals surface area contributed by atoms with E-state index in [4.69, 9.17) is 0 Å². The number of fused-ring (bicyclic) bond motifs is 1. The highest BCUT2D eigenvalue weighted by atomic mass is 32.1. The van der Waals surface area contributed by atoms with Crippen LogP contribution in [0.1, 0.15) is 39.1 Å². The summed E-state index contributed by atoms with van der Waals surface area (Å²) in [5, 5.41) is 11.1. The quantitative estimate of drug-likeness (QED) is 0.649. The summed E-state index contributed by atoms with van der Waals surface area (Å²) in [6.45, 7) is 0.761. The van der Waals surface area contributed by atoms with E-state index in [0.29, 0.717) is 15.6 Å². The minimum atomic E-state index is -2.89. The van der Waals surface area contributed by atoms with E-state index in [0.717, 1.165) is 10.4 Å². The number of hydrogen-bond acceptors (Lipinski definition) is 4. The lowest BCUT2D eigenvalue weighted by Gasteiger charge is -2.11. The van der Waals surface area contributed by atoms with Gasteiger partial charge in [-0.1, -0.05) is 12.1 Å². The van der Waals surface area contributed by atoms with Gasteiger partial charge in [-0.05, 0) is 31.5 Å². The van der Waals surface area contributed by atoms with Gasteiger partial charge >= 0.3 is 6.55 Å². The van der Waals surface area contributed by atoms with Crippen molar-refractivity contribution in [3.05, 3.63) is 51.5 Å². The highest BCUT2D eigenvalue weighted by Crippen LogP contribution is 2.31. The summed E-state index contributed by atoms with van der Waals surface area (Å²) >= 11 is 1.39. The number of nitrogens with zero attached hydrogens (tertiary/aromatic N) is 3. The van der Waals surface area contributed by atoms with E-state index in [2.05, 4.69) is 4.98 Å². The van der Waals surface area contributed by atoms with E-state index in [9.17, 15) is 18.8 Å². The molecule has 122 valence electrons. The summed E-state index contributed by atoms with van der Waals surface area (Å²) in [6, 6.07) is 8.21. The molecule has 0 N–H and O–H groups in total. The van der Waals surface area contributed by atoms with Gasteiger partial charge in [0.1, 0.15) is 5.82 Å². The number of thiophene rings is 1. The monoisotopic (exact) mass is 345 g/mol. The zero-order valence-electron chi connectivity index (χ0n) is 13.0. The maximum atomic E-state index is 13.5. The van der Waals surface area contributed by atoms with Crippen LogP contribution in [0.5, 0.6) is 0 Å². The third-order valence-corrected chi connectivity index (χ3v) is 5.03. The highest BCUT2D eigenvalue weighted by Gasteiger charge is 2.31. The molecule has 7 heteroatoms. The van der Waals surface area contributed by atoms with Crippen LogP contribution in [0.4, 0.5) is 8.78 Å². The summed E-state index contributed by atoms with van der Waals surface area (Å²) in [7, 11) is 0. The Bertz CT molecular complexity index is 968. The van der Waals surface area contributed by atoms with Crippen molar-refractivity contribution in [2.24, 2.45) is 0 Å². The van der Waals surface area contributed by atoms with Crippen molar-refractivity contribution in [3.63, 3.8) is 0 Å². The number of Topliss-reactive ketones (excluding diaryl/α,β-unsaturated/α-hetero) is 1. The first-order valence-electron chi connectivity index (χ1n) is 7.19. The number of alkyl halides is 2. The lowest BCUT2D eigenvalue weighted by molar-refractivity contribution is 0.0701. The Morgan fingerprint density at radius 3 is 2.62 bits per heavy atom. The van der Waals surface area contributed by atoms with Gasteiger partial charge in [0.15, 0.2) is 11.7 Å². The first kappa shape index (κ1) is 16.3. The molecule has 0 fully saturated rings. The molecule has 1 aromatic carbocycles. The molecular weight excluding hydrogens is 332 g/mol. The van der Waals surface area contributed by atoms with Crippen molar-refractivity contribution < 1.29 is 13.6 Å². The van der Waals surface area contributed by atoms with E-state index < -0.39 is 18.3 Å². The van der Waals surface area contributed by atoms with Crippen LogP contribution in [-0.2, 0) is 0 Å². The van der Waals surface area contributed by atoms with Crippen LogP contribution in [0.3, 0.4) is 0 Å². The largest absolute Gasteiger partial charge is 0.320 e. The summed E-state index contributed by atoms with van der Waals surface area (Å²) in [5.41, 5.74) is 1.69. The van der Waals surface area contributed by atoms with Crippen LogP contribution in [0.2, 0.25) is 0 Å². The number of aromatic nitrogens is 2. The molecule has 2 aromatic heterocycles. The van der Waals surface area contributed by atoms with Crippen LogP contribution in [0.25, 0.3) is 11.0 Å². The molecule has 0 spiro atoms. The molecule has 0 amide bonds. The number of ketones is 1. The fourth-order valence-electron chi connectivity index (χ4n) is 2.62. The van der Waals surface area contributed by atoms with E-state index in [1.54, 1.807) is 30.5 Å². The van der Waals surface area contributed by atoms with Crippen molar-refractivity contribution in [3.8, 4) is 6.07 Å². The topological polar surface area (TPSA) is 58.7 Å². The lowest BCUT2D eigenvalue weighted by Crippen LogP contribution is -2.17. The number of imidazole rings is 1. The summed E-state index contributed by atoms with van der Waals surface area (Å²) < 4.78 is 27.7. The lowest BCUT2D eigenvalue weighted by atomic mass is 9.97. The Morgan fingerprint density at radius 1 is 1.33 bits per heavy atom. The SMILES string of the molecule is Cc1scc(C(=O)[C@H](C#N)c2nc3ccccc3n2C(F)F)c1C. The number of rotatable bonds is 4. The number of hydrogen-bond donors (Lipinski definition) is 0. The number of benzene rings is 1. The first-order chi connectivity index (χ1) is 11.5. The van der Waals surface area contributed by atoms with Crippen LogP contribution in [-0.4, -0.2) is 15.3 Å². The number of para-hydroxylation sites is 2. The Hall–Kier alpha value is -2.59. The third kappa shape index (κ3) is 2.49. The van der Waals surface area contributed by atoms with E-state index in [-0.39, 0.29) is 11.3 Å². The van der Waals surface area contributed by atoms with Crippen molar-refractivity contribution >= 4 is 28.2 Å². The van der Waals surface area contributed by atoms with Gasteiger partial charge in [-0.15, -0.1) is 11.3 Å². The average Bonchev–Trinajstić information content (AvgIpc) is 3.09. The molecule has 0 aliphatic carbocycles. The van der Waals surface area contributed by atoms with Crippen molar-refractivity contribution in [2.45, 2.75) is 26.3 Å². The van der Waals surface area contributed by atoms with Gasteiger partial charge in [0.2, 0.25) is 0 Å². The Kier molecular flexibility index (Phi) is 4.16. The standard InChI is InChI=1S/C17H13F2N3OS/c1-9-10(2)24-8-12(9)15(23)11(7-20)16-21-13-5-3-4-6-14(13)22(16)17(18)19/h3-6,8,11,17H,1-2H3/t11-/m0/s1. The Morgan fingerprint density at radius 2 is 2.04 bits per heavy atom. The minimum absolute atomic E-state index is 0.203. The van der Waals surface area contributed by atoms with Crippen molar-refractivity contribution in [1.82, 2.24) is 9.55 Å². The fraction of sp³-hybridized carbons (Fsp3) is 0.235. The van der Waals surface area contributed by atoms with Gasteiger partial charge in [-0.25, -0.2) is 4.98 Å². The van der Waals surface area contributed by atoms with Gasteiger partial charge in [0.05, 0.1) is 17.1 Å². The molecule has 0 bridgehead atoms. The van der Waals surface area contributed by atoms with E-state index in [1.807, 2.05) is 13.0 Å². The van der Waals surface area contributed by atoms with E-state index >= 15 is 0 Å². The second-order valence-corrected chi connectivity index (χ2v) is 6.45. The maximum absolute atomic E-state index is 13.5. The van der Waals surface area contributed by atoms with Gasteiger partial charge in [0.25, 0.3) is 0 Å². The maximum Gasteiger partial charge on any atom is 0.320 e. The number of nitriles is 1. The molecule has 0 aliphatic heterocycles. The summed E-state index contributed by atoms with van der Waals surface area (Å²) in [4.78, 5) is 17.8. The van der Waals surface area contributed by atoms with E-state index in [1.165, 1.54) is 17.4 Å². The predicted molar refractivity (Wildman–Crippen MR) is 87.5 cm³/mol. The molecule has 1 atom stereocenters. The smallest absolute Gasteiger partial charge is 0.292 e. The number of halogens is 2. The number of carbonyl (C=O) groups excluding carboxylic acids is 1. The normalized spacial score (nSPS) is 12.5. The third-order valence-electron chi connectivity index (χ3n) is 4.02. The average molecular weight is 345 g/mol. The zero-order valence-corrected chi connectivity index (χ0v) is 13.8. The summed E-state index contributed by atoms with van der Waals surface area (Å²) in [5.74, 6) is -2.10. The molecule has 0 radical (unpaired) electrons. The molecule has 3 rings (SSSR count). The second-order valence-electron chi connectivity index (χ2n) is 5.36. The zero-order chi connectivity index (χ0) is 17.4. The molecule has 0 saturated carbocycles. The molecular formula is C17H13F2N3OS. The summed E-state index contributed by atoms with van der Waals surface area (Å²) in [6.07, 6.45) is 0. The van der Waals surface area contributed by atoms with Crippen LogP contribution in [0.15, 0.2) is 29.6 Å². The first-order valence-corrected chi connectivity index (χ1v) is 8.07. The fourth-order valence-corrected chi connectivity index (χ4v) is 3.49. The number of carbonyl (C=O) groups is 1. The minimum Gasteiger partial charge on any atom is -0.292 e. The molecule has 0 unspecified atom stereocenters. The van der Waals surface area contributed by atoms with Crippen LogP contribution in [0, 0.1) is 25.2 Å². The molecule has 2 heterocycles. The molecule has 24 heavy (non-hydrogen) atoms. The van der Waals surface area contributed by atoms with Gasteiger partial charge < -0.3 is 0 Å². The van der Waals surface area contributed by atoms with Gasteiger partial charge in [-0.2, -0.15) is 14.0 Å².